The SMILES string of the molecule is CCC(C)[C@H](c1cc([N+](=O)[O-])cc(OC)c1O)N1CCNCC1.Cl.Cl. The molecule has 2 atom stereocenters. The number of nitrogens with one attached hydrogen (secondary N) is 1. The van der Waals surface area contributed by atoms with Gasteiger partial charge in [-0.05, 0) is 5.92 Å². The van der Waals surface area contributed by atoms with Gasteiger partial charge in [-0.2, -0.15) is 0 Å². The van der Waals surface area contributed by atoms with E-state index < -0.39 is 4.92 Å². The zero-order valence-electron chi connectivity index (χ0n) is 14.7. The van der Waals surface area contributed by atoms with E-state index in [0.717, 1.165) is 32.6 Å². The Morgan fingerprint density at radius 2 is 1.96 bits per heavy atom. The molecule has 0 saturated carbocycles. The maximum absolute atomic E-state index is 11.2. The zero-order chi connectivity index (χ0) is 17.0. The molecule has 1 unspecified atom stereocenters. The van der Waals surface area contributed by atoms with Gasteiger partial charge in [-0.25, -0.2) is 0 Å². The Morgan fingerprint density at radius 1 is 1.36 bits per heavy atom. The molecule has 1 aromatic carbocycles. The number of benzene rings is 1. The summed E-state index contributed by atoms with van der Waals surface area (Å²) < 4.78 is 5.14. The molecule has 1 saturated heterocycles. The molecule has 0 bridgehead atoms. The van der Waals surface area contributed by atoms with Crippen LogP contribution < -0.4 is 10.1 Å². The average Bonchev–Trinajstić information content (AvgIpc) is 2.57. The minimum Gasteiger partial charge on any atom is -0.504 e. The molecule has 1 heterocycles. The highest BCUT2D eigenvalue weighted by Gasteiger charge is 2.31. The number of hydrogen-bond acceptors (Lipinski definition) is 6. The van der Waals surface area contributed by atoms with E-state index in [1.165, 1.54) is 19.2 Å². The third-order valence-corrected chi connectivity index (χ3v) is 4.57. The highest BCUT2D eigenvalue weighted by atomic mass is 35.5. The van der Waals surface area contributed by atoms with Crippen molar-refractivity contribution in [1.82, 2.24) is 10.2 Å². The summed E-state index contributed by atoms with van der Waals surface area (Å²) in [6, 6.07) is 2.68. The second-order valence-electron chi connectivity index (χ2n) is 5.96. The summed E-state index contributed by atoms with van der Waals surface area (Å²) in [6.07, 6.45) is 0.916. The number of halogens is 2. The minimum atomic E-state index is -0.448. The Morgan fingerprint density at radius 3 is 2.44 bits per heavy atom. The number of phenolic OH excluding ortho intramolecular Hbond substituents is 1. The summed E-state index contributed by atoms with van der Waals surface area (Å²) in [7, 11) is 1.41. The zero-order valence-corrected chi connectivity index (χ0v) is 16.4. The van der Waals surface area contributed by atoms with E-state index in [0.29, 0.717) is 5.56 Å². The van der Waals surface area contributed by atoms with E-state index in [1.807, 2.05) is 0 Å². The Kier molecular flexibility index (Phi) is 10.1. The van der Waals surface area contributed by atoms with Crippen LogP contribution in [0.5, 0.6) is 11.5 Å². The standard InChI is InChI=1S/C16H25N3O4.2ClH/c1-4-11(2)15(18-7-5-17-6-8-18)13-9-12(19(21)22)10-14(23-3)16(13)20;;/h9-11,15,17,20H,4-8H2,1-3H3;2*1H/t11?,15-;;/m1../s1. The lowest BCUT2D eigenvalue weighted by Crippen LogP contribution is -2.46. The van der Waals surface area contributed by atoms with Crippen LogP contribution in [0.3, 0.4) is 0 Å². The molecule has 1 aromatic rings. The number of rotatable bonds is 6. The van der Waals surface area contributed by atoms with Crippen LogP contribution in [0.2, 0.25) is 0 Å². The maximum Gasteiger partial charge on any atom is 0.273 e. The number of nitro benzene ring substituents is 1. The lowest BCUT2D eigenvalue weighted by molar-refractivity contribution is -0.385. The fraction of sp³-hybridized carbons (Fsp3) is 0.625. The number of phenols is 1. The van der Waals surface area contributed by atoms with Crippen LogP contribution in [0.4, 0.5) is 5.69 Å². The largest absolute Gasteiger partial charge is 0.504 e. The van der Waals surface area contributed by atoms with E-state index in [-0.39, 0.29) is 54.0 Å². The van der Waals surface area contributed by atoms with Crippen molar-refractivity contribution in [2.75, 3.05) is 33.3 Å². The summed E-state index contributed by atoms with van der Waals surface area (Å²) in [5.74, 6) is 0.408. The van der Waals surface area contributed by atoms with Gasteiger partial charge in [-0.1, -0.05) is 20.3 Å². The van der Waals surface area contributed by atoms with Gasteiger partial charge < -0.3 is 15.2 Å². The smallest absolute Gasteiger partial charge is 0.273 e. The molecule has 1 fully saturated rings. The van der Waals surface area contributed by atoms with Crippen molar-refractivity contribution < 1.29 is 14.8 Å². The Labute approximate surface area is 160 Å². The van der Waals surface area contributed by atoms with E-state index >= 15 is 0 Å². The molecule has 25 heavy (non-hydrogen) atoms. The molecule has 0 radical (unpaired) electrons. The molecule has 0 aromatic heterocycles. The van der Waals surface area contributed by atoms with Crippen LogP contribution in [0.1, 0.15) is 31.9 Å². The quantitative estimate of drug-likeness (QED) is 0.568. The van der Waals surface area contributed by atoms with E-state index in [4.69, 9.17) is 4.74 Å². The predicted octanol–water partition coefficient (Wildman–Crippen LogP) is 3.15. The molecule has 9 heteroatoms. The van der Waals surface area contributed by atoms with Crippen molar-refractivity contribution in [2.45, 2.75) is 26.3 Å². The fourth-order valence-corrected chi connectivity index (χ4v) is 3.15. The van der Waals surface area contributed by atoms with Gasteiger partial charge in [0.1, 0.15) is 0 Å². The number of hydrogen-bond donors (Lipinski definition) is 2. The van der Waals surface area contributed by atoms with Crippen LogP contribution in [0.25, 0.3) is 0 Å². The Hall–Kier alpha value is -1.28. The fourth-order valence-electron chi connectivity index (χ4n) is 3.15. The molecule has 0 amide bonds. The van der Waals surface area contributed by atoms with Crippen LogP contribution in [0, 0.1) is 16.0 Å². The van der Waals surface area contributed by atoms with Crippen molar-refractivity contribution in [3.05, 3.63) is 27.8 Å². The number of ether oxygens (including phenoxy) is 1. The van der Waals surface area contributed by atoms with Crippen molar-refractivity contribution in [3.63, 3.8) is 0 Å². The monoisotopic (exact) mass is 395 g/mol. The summed E-state index contributed by atoms with van der Waals surface area (Å²) in [5.41, 5.74) is 0.519. The van der Waals surface area contributed by atoms with Crippen LogP contribution in [-0.4, -0.2) is 48.2 Å². The number of non-ortho nitro benzene ring substituents is 1. The van der Waals surface area contributed by atoms with Crippen molar-refractivity contribution >= 4 is 30.5 Å². The molecule has 1 aliphatic heterocycles. The summed E-state index contributed by atoms with van der Waals surface area (Å²) >= 11 is 0. The van der Waals surface area contributed by atoms with Crippen molar-refractivity contribution in [2.24, 2.45) is 5.92 Å². The number of piperazine rings is 1. The van der Waals surface area contributed by atoms with Gasteiger partial charge >= 0.3 is 0 Å². The number of nitro groups is 1. The molecular weight excluding hydrogens is 369 g/mol. The van der Waals surface area contributed by atoms with Gasteiger partial charge in [-0.15, -0.1) is 24.8 Å². The van der Waals surface area contributed by atoms with E-state index in [2.05, 4.69) is 24.1 Å². The minimum absolute atomic E-state index is 0. The van der Waals surface area contributed by atoms with Gasteiger partial charge in [0.25, 0.3) is 5.69 Å². The first-order chi connectivity index (χ1) is 11.0. The predicted molar refractivity (Wildman–Crippen MR) is 102 cm³/mol. The lowest BCUT2D eigenvalue weighted by atomic mass is 9.89. The first kappa shape index (κ1) is 23.7. The first-order valence-corrected chi connectivity index (χ1v) is 7.99. The van der Waals surface area contributed by atoms with Crippen molar-refractivity contribution in [3.8, 4) is 11.5 Å². The molecular formula is C16H27Cl2N3O4. The summed E-state index contributed by atoms with van der Waals surface area (Å²) in [5, 5.41) is 25.1. The van der Waals surface area contributed by atoms with E-state index in [9.17, 15) is 15.2 Å². The molecule has 0 aliphatic carbocycles. The number of nitrogens with zero attached hydrogens (tertiary/aromatic N) is 2. The van der Waals surface area contributed by atoms with Crippen LogP contribution in [0.15, 0.2) is 12.1 Å². The van der Waals surface area contributed by atoms with Crippen LogP contribution in [-0.2, 0) is 0 Å². The lowest BCUT2D eigenvalue weighted by Gasteiger charge is -2.38. The second kappa shape index (κ2) is 10.7. The summed E-state index contributed by atoms with van der Waals surface area (Å²) in [6.45, 7) is 7.64. The van der Waals surface area contributed by atoms with E-state index in [1.54, 1.807) is 0 Å². The molecule has 7 nitrogen and oxygen atoms in total. The number of methoxy groups -OCH3 is 1. The topological polar surface area (TPSA) is 87.9 Å². The molecule has 1 aliphatic rings. The van der Waals surface area contributed by atoms with Crippen molar-refractivity contribution in [1.29, 1.82) is 0 Å². The molecule has 2 N–H and O–H groups in total. The maximum atomic E-state index is 11.2. The average molecular weight is 396 g/mol. The molecule has 2 rings (SSSR count). The molecule has 0 spiro atoms. The van der Waals surface area contributed by atoms with Gasteiger partial charge in [0.2, 0.25) is 0 Å². The highest BCUT2D eigenvalue weighted by molar-refractivity contribution is 5.85. The van der Waals surface area contributed by atoms with Gasteiger partial charge in [0.15, 0.2) is 11.5 Å². The molecule has 144 valence electrons. The highest BCUT2D eigenvalue weighted by Crippen LogP contribution is 2.43. The third-order valence-electron chi connectivity index (χ3n) is 4.57. The Bertz CT molecular complexity index is 569. The van der Waals surface area contributed by atoms with Gasteiger partial charge in [-0.3, -0.25) is 15.0 Å². The van der Waals surface area contributed by atoms with Gasteiger partial charge in [0.05, 0.1) is 18.1 Å². The second-order valence-corrected chi connectivity index (χ2v) is 5.96. The Balaban J connectivity index is 0.00000288. The third kappa shape index (κ3) is 5.34. The number of aromatic hydroxyl groups is 1. The summed E-state index contributed by atoms with van der Waals surface area (Å²) in [4.78, 5) is 13.0. The first-order valence-electron chi connectivity index (χ1n) is 7.99. The van der Waals surface area contributed by atoms with Gasteiger partial charge in [0, 0.05) is 43.9 Å². The van der Waals surface area contributed by atoms with Crippen LogP contribution >= 0.6 is 24.8 Å². The normalized spacial score (nSPS) is 16.9.